The molecule has 1 aromatic rings. The van der Waals surface area contributed by atoms with Crippen LogP contribution in [0.25, 0.3) is 0 Å². The highest BCUT2D eigenvalue weighted by Crippen LogP contribution is 2.00. The molecule has 2 heteroatoms. The molecule has 0 aliphatic heterocycles. The molecule has 0 aromatic heterocycles. The highest BCUT2D eigenvalue weighted by Gasteiger charge is 1.88. The second-order valence-electron chi connectivity index (χ2n) is 2.91. The Morgan fingerprint density at radius 2 is 1.16 bits per heavy atom. The van der Waals surface area contributed by atoms with Gasteiger partial charge in [0.05, 0.1) is 11.6 Å². The summed E-state index contributed by atoms with van der Waals surface area (Å²) in [6, 6.07) is 9.00. The maximum atomic E-state index is 8.64. The summed E-state index contributed by atoms with van der Waals surface area (Å²) in [6.45, 7) is 0. The summed E-state index contributed by atoms with van der Waals surface area (Å²) in [6.07, 6.45) is 0. The fourth-order valence-electron chi connectivity index (χ4n) is 0.943. The first-order valence-corrected chi connectivity index (χ1v) is 6.06. The van der Waals surface area contributed by atoms with E-state index < -0.39 is 0 Å². The molecule has 0 amide bonds. The number of nitrogens with zero attached hydrogens (tertiary/aromatic N) is 1. The van der Waals surface area contributed by atoms with E-state index in [4.69, 9.17) is 5.26 Å². The third kappa shape index (κ3) is 6.52. The predicted molar refractivity (Wildman–Crippen MR) is 83.2 cm³/mol. The van der Waals surface area contributed by atoms with Gasteiger partial charge in [0.1, 0.15) is 0 Å². The predicted octanol–water partition coefficient (Wildman–Crippen LogP) is 2.32. The molecule has 0 aliphatic rings. The summed E-state index contributed by atoms with van der Waals surface area (Å²) in [7, 11) is 0. The van der Waals surface area contributed by atoms with Crippen LogP contribution in [0, 0.1) is 68.5 Å². The maximum Gasteiger partial charge on any atom is 0.0991 e. The topological polar surface area (TPSA) is 23.8 Å². The molecule has 0 atom stereocenters. The molecular formula is C17H4IN. The second kappa shape index (κ2) is 9.29. The lowest BCUT2D eigenvalue weighted by atomic mass is 10.1. The molecule has 1 nitrogen and oxygen atoms in total. The summed E-state index contributed by atoms with van der Waals surface area (Å²) >= 11 is 1.90. The van der Waals surface area contributed by atoms with Gasteiger partial charge in [0.15, 0.2) is 0 Å². The molecule has 0 heterocycles. The fourth-order valence-corrected chi connectivity index (χ4v) is 1.08. The number of hydrogen-bond acceptors (Lipinski definition) is 1. The Hall–Kier alpha value is -2.76. The molecule has 0 spiro atoms. The molecule has 0 aliphatic carbocycles. The van der Waals surface area contributed by atoms with E-state index in [2.05, 4.69) is 57.2 Å². The lowest BCUT2D eigenvalue weighted by molar-refractivity contribution is 1.48. The quantitative estimate of drug-likeness (QED) is 0.521. The van der Waals surface area contributed by atoms with Gasteiger partial charge in [-0.05, 0) is 75.6 Å². The summed E-state index contributed by atoms with van der Waals surface area (Å²) < 4.78 is 2.61. The van der Waals surface area contributed by atoms with Gasteiger partial charge in [0, 0.05) is 28.2 Å². The molecular weight excluding hydrogens is 345 g/mol. The average molecular weight is 349 g/mol. The van der Waals surface area contributed by atoms with E-state index in [9.17, 15) is 0 Å². The first kappa shape index (κ1) is 14.3. The van der Waals surface area contributed by atoms with Crippen LogP contribution in [-0.2, 0) is 0 Å². The summed E-state index contributed by atoms with van der Waals surface area (Å²) in [5, 5.41) is 8.64. The minimum atomic E-state index is 0.607. The van der Waals surface area contributed by atoms with Gasteiger partial charge in [0.25, 0.3) is 0 Å². The van der Waals surface area contributed by atoms with Crippen LogP contribution in [0.4, 0.5) is 0 Å². The first-order chi connectivity index (χ1) is 9.36. The Kier molecular flexibility index (Phi) is 6.99. The van der Waals surface area contributed by atoms with E-state index in [-0.39, 0.29) is 0 Å². The molecule has 0 bridgehead atoms. The van der Waals surface area contributed by atoms with Crippen LogP contribution in [0.3, 0.4) is 0 Å². The summed E-state index contributed by atoms with van der Waals surface area (Å²) in [5.41, 5.74) is 1.41. The van der Waals surface area contributed by atoms with Crippen LogP contribution in [0.2, 0.25) is 0 Å². The van der Waals surface area contributed by atoms with E-state index in [1.54, 1.807) is 24.3 Å². The number of rotatable bonds is 0. The van der Waals surface area contributed by atoms with Crippen LogP contribution in [-0.4, -0.2) is 0 Å². The fraction of sp³-hybridized carbons (Fsp3) is 0. The zero-order chi connectivity index (χ0) is 13.8. The molecule has 0 saturated carbocycles. The Labute approximate surface area is 126 Å². The Morgan fingerprint density at radius 3 is 1.68 bits per heavy atom. The van der Waals surface area contributed by atoms with Gasteiger partial charge in [0.2, 0.25) is 0 Å². The van der Waals surface area contributed by atoms with Crippen LogP contribution >= 0.6 is 22.6 Å². The molecule has 0 fully saturated rings. The van der Waals surface area contributed by atoms with Crippen molar-refractivity contribution in [2.45, 2.75) is 0 Å². The Balaban J connectivity index is 2.63. The lowest BCUT2D eigenvalue weighted by Gasteiger charge is -1.88. The average Bonchev–Trinajstić information content (AvgIpc) is 2.46. The summed E-state index contributed by atoms with van der Waals surface area (Å²) in [5.74, 6) is 23.4. The smallest absolute Gasteiger partial charge is 0.0991 e. The van der Waals surface area contributed by atoms with Crippen molar-refractivity contribution < 1.29 is 0 Å². The van der Waals surface area contributed by atoms with Crippen molar-refractivity contribution >= 4 is 22.6 Å². The minimum Gasteiger partial charge on any atom is -0.192 e. The molecule has 1 aromatic carbocycles. The lowest BCUT2D eigenvalue weighted by Crippen LogP contribution is -1.75. The van der Waals surface area contributed by atoms with E-state index in [0.29, 0.717) is 5.56 Å². The zero-order valence-corrected chi connectivity index (χ0v) is 11.8. The molecule has 84 valence electrons. The van der Waals surface area contributed by atoms with Gasteiger partial charge in [-0.25, -0.2) is 0 Å². The Morgan fingerprint density at radius 1 is 0.684 bits per heavy atom. The van der Waals surface area contributed by atoms with Crippen molar-refractivity contribution in [3.05, 3.63) is 35.4 Å². The number of hydrogen-bond donors (Lipinski definition) is 0. The number of halogens is 1. The van der Waals surface area contributed by atoms with Crippen molar-refractivity contribution in [1.29, 1.82) is 5.26 Å². The molecule has 19 heavy (non-hydrogen) atoms. The molecule has 1 rings (SSSR count). The monoisotopic (exact) mass is 349 g/mol. The molecule has 0 radical (unpaired) electrons. The van der Waals surface area contributed by atoms with Crippen LogP contribution in [0.1, 0.15) is 11.1 Å². The molecule has 0 unspecified atom stereocenters. The van der Waals surface area contributed by atoms with Crippen molar-refractivity contribution in [2.24, 2.45) is 0 Å². The third-order valence-electron chi connectivity index (χ3n) is 1.71. The Bertz CT molecular complexity index is 797. The van der Waals surface area contributed by atoms with Gasteiger partial charge in [-0.3, -0.25) is 0 Å². The second-order valence-corrected chi connectivity index (χ2v) is 3.45. The van der Waals surface area contributed by atoms with E-state index in [0.717, 1.165) is 5.56 Å². The normalized spacial score (nSPS) is 6.11. The van der Waals surface area contributed by atoms with Crippen LogP contribution in [0.15, 0.2) is 24.3 Å². The molecule has 0 saturated heterocycles. The van der Waals surface area contributed by atoms with Gasteiger partial charge < -0.3 is 0 Å². The third-order valence-corrected chi connectivity index (χ3v) is 1.98. The van der Waals surface area contributed by atoms with Crippen molar-refractivity contribution in [1.82, 2.24) is 0 Å². The van der Waals surface area contributed by atoms with Gasteiger partial charge in [-0.15, -0.1) is 0 Å². The van der Waals surface area contributed by atoms with E-state index in [1.807, 2.05) is 28.7 Å². The minimum absolute atomic E-state index is 0.607. The van der Waals surface area contributed by atoms with Crippen molar-refractivity contribution in [3.63, 3.8) is 0 Å². The zero-order valence-electron chi connectivity index (χ0n) is 9.63. The number of nitriles is 1. The van der Waals surface area contributed by atoms with Crippen molar-refractivity contribution in [2.75, 3.05) is 0 Å². The molecule has 0 N–H and O–H groups in total. The number of benzene rings is 1. The maximum absolute atomic E-state index is 8.64. The van der Waals surface area contributed by atoms with E-state index in [1.165, 1.54) is 0 Å². The van der Waals surface area contributed by atoms with Crippen LogP contribution in [0.5, 0.6) is 0 Å². The van der Waals surface area contributed by atoms with E-state index >= 15 is 0 Å². The van der Waals surface area contributed by atoms with Gasteiger partial charge in [-0.2, -0.15) is 5.26 Å². The highest BCUT2D eigenvalue weighted by atomic mass is 127. The summed E-state index contributed by atoms with van der Waals surface area (Å²) in [4.78, 5) is 0. The van der Waals surface area contributed by atoms with Gasteiger partial charge >= 0.3 is 0 Å². The van der Waals surface area contributed by atoms with Crippen LogP contribution < -0.4 is 0 Å². The highest BCUT2D eigenvalue weighted by molar-refractivity contribution is 14.1. The van der Waals surface area contributed by atoms with Crippen molar-refractivity contribution in [3.8, 4) is 63.3 Å². The van der Waals surface area contributed by atoms with Gasteiger partial charge in [-0.1, -0.05) is 5.92 Å². The SMILES string of the molecule is N#Cc1ccc(C#CC#CC#CC#CC#CI)cc1. The first-order valence-electron chi connectivity index (χ1n) is 4.98. The largest absolute Gasteiger partial charge is 0.192 e. The standard InChI is InChI=1S/C17H4IN/c18-14-8-6-4-2-1-3-5-7-9-16-10-12-17(15-19)13-11-16/h10-13H.